The van der Waals surface area contributed by atoms with Crippen LogP contribution in [0, 0.1) is 16.0 Å². The van der Waals surface area contributed by atoms with E-state index >= 15 is 0 Å². The number of non-ortho nitro benzene ring substituents is 1. The monoisotopic (exact) mass is 587 g/mol. The molecule has 1 saturated heterocycles. The number of hydrogen-bond donors (Lipinski definition) is 1. The van der Waals surface area contributed by atoms with Gasteiger partial charge in [-0.25, -0.2) is 8.42 Å². The maximum absolute atomic E-state index is 14.1. The minimum Gasteiger partial charge on any atom is -0.497 e. The van der Waals surface area contributed by atoms with Crippen molar-refractivity contribution in [2.45, 2.75) is 29.9 Å². The summed E-state index contributed by atoms with van der Waals surface area (Å²) < 4.78 is 39.2. The molecule has 1 N–H and O–H groups in total. The number of nitro groups is 1. The summed E-state index contributed by atoms with van der Waals surface area (Å²) in [5, 5.41) is 14.6. The molecule has 0 spiro atoms. The predicted molar refractivity (Wildman–Crippen MR) is 145 cm³/mol. The van der Waals surface area contributed by atoms with Crippen molar-refractivity contribution in [1.29, 1.82) is 0 Å². The van der Waals surface area contributed by atoms with Crippen molar-refractivity contribution in [3.05, 3.63) is 99.1 Å². The molecule has 3 aromatic rings. The molecule has 40 heavy (non-hydrogen) atoms. The molecule has 1 aliphatic rings. The molecule has 0 aliphatic carbocycles. The van der Waals surface area contributed by atoms with Gasteiger partial charge in [0.2, 0.25) is 15.9 Å². The van der Waals surface area contributed by atoms with Crippen molar-refractivity contribution in [2.24, 2.45) is 5.92 Å². The van der Waals surface area contributed by atoms with E-state index < -0.39 is 44.8 Å². The zero-order chi connectivity index (χ0) is 29.0. The number of methoxy groups -OCH3 is 2. The molecule has 13 heteroatoms. The number of nitrogens with one attached hydrogen (secondary N) is 1. The molecule has 3 aromatic carbocycles. The number of nitro benzene ring substituents is 1. The second-order valence-electron chi connectivity index (χ2n) is 9.03. The van der Waals surface area contributed by atoms with Gasteiger partial charge in [-0.05, 0) is 53.9 Å². The summed E-state index contributed by atoms with van der Waals surface area (Å²) in [7, 11) is -1.74. The van der Waals surface area contributed by atoms with Gasteiger partial charge in [0, 0.05) is 23.7 Å². The van der Waals surface area contributed by atoms with Crippen LogP contribution in [0.5, 0.6) is 5.75 Å². The summed E-state index contributed by atoms with van der Waals surface area (Å²) in [6, 6.07) is 15.1. The Morgan fingerprint density at radius 3 is 2.35 bits per heavy atom. The molecule has 210 valence electrons. The van der Waals surface area contributed by atoms with Crippen molar-refractivity contribution in [1.82, 2.24) is 9.62 Å². The minimum absolute atomic E-state index is 0.0819. The Labute approximate surface area is 235 Å². The molecule has 0 aromatic heterocycles. The van der Waals surface area contributed by atoms with Crippen LogP contribution in [0.3, 0.4) is 0 Å². The number of benzene rings is 3. The van der Waals surface area contributed by atoms with Crippen molar-refractivity contribution in [3.63, 3.8) is 0 Å². The molecule has 3 atom stereocenters. The number of halogens is 1. The van der Waals surface area contributed by atoms with E-state index in [-0.39, 0.29) is 29.1 Å². The van der Waals surface area contributed by atoms with E-state index in [0.717, 1.165) is 17.0 Å². The van der Waals surface area contributed by atoms with Crippen LogP contribution in [-0.2, 0) is 30.9 Å². The average Bonchev–Trinajstić information content (AvgIpc) is 3.38. The maximum Gasteiger partial charge on any atom is 0.310 e. The lowest BCUT2D eigenvalue weighted by Gasteiger charge is -2.30. The Hall–Kier alpha value is -4.00. The van der Waals surface area contributed by atoms with E-state index in [1.807, 2.05) is 0 Å². The van der Waals surface area contributed by atoms with E-state index in [4.69, 9.17) is 21.1 Å². The lowest BCUT2D eigenvalue weighted by molar-refractivity contribution is -0.385. The van der Waals surface area contributed by atoms with Crippen LogP contribution in [0.4, 0.5) is 5.69 Å². The minimum atomic E-state index is -4.43. The number of hydrogen-bond acceptors (Lipinski definition) is 8. The van der Waals surface area contributed by atoms with Gasteiger partial charge < -0.3 is 14.8 Å². The highest BCUT2D eigenvalue weighted by atomic mass is 35.5. The van der Waals surface area contributed by atoms with Crippen LogP contribution in [0.2, 0.25) is 5.02 Å². The van der Waals surface area contributed by atoms with Gasteiger partial charge in [-0.15, -0.1) is 0 Å². The third-order valence-corrected chi connectivity index (χ3v) is 8.84. The third kappa shape index (κ3) is 5.93. The van der Waals surface area contributed by atoms with E-state index in [1.54, 1.807) is 24.3 Å². The van der Waals surface area contributed by atoms with Crippen LogP contribution in [0.1, 0.15) is 23.6 Å². The Kier molecular flexibility index (Phi) is 8.72. The van der Waals surface area contributed by atoms with Crippen LogP contribution in [0.15, 0.2) is 77.7 Å². The maximum atomic E-state index is 14.1. The van der Waals surface area contributed by atoms with Gasteiger partial charge in [-0.3, -0.25) is 19.7 Å². The highest BCUT2D eigenvalue weighted by Gasteiger charge is 2.54. The molecule has 0 saturated carbocycles. The highest BCUT2D eigenvalue weighted by molar-refractivity contribution is 7.89. The normalized spacial score (nSPS) is 19.1. The van der Waals surface area contributed by atoms with Gasteiger partial charge in [-0.2, -0.15) is 4.31 Å². The van der Waals surface area contributed by atoms with Gasteiger partial charge in [0.1, 0.15) is 11.8 Å². The molecule has 4 rings (SSSR count). The zero-order valence-electron chi connectivity index (χ0n) is 21.5. The molecule has 1 amide bonds. The highest BCUT2D eigenvalue weighted by Crippen LogP contribution is 2.46. The van der Waals surface area contributed by atoms with E-state index in [9.17, 15) is 28.1 Å². The van der Waals surface area contributed by atoms with Crippen molar-refractivity contribution < 1.29 is 32.4 Å². The summed E-state index contributed by atoms with van der Waals surface area (Å²) >= 11 is 5.97. The number of amides is 1. The summed E-state index contributed by atoms with van der Waals surface area (Å²) in [4.78, 5) is 37.2. The van der Waals surface area contributed by atoms with Crippen LogP contribution >= 0.6 is 11.6 Å². The van der Waals surface area contributed by atoms with Gasteiger partial charge >= 0.3 is 5.97 Å². The molecule has 0 radical (unpaired) electrons. The third-order valence-electron chi connectivity index (χ3n) is 6.68. The SMILES string of the molecule is COC(=O)C1CC(C(=O)NCc2ccc(OC)cc2)N(S(=O)(=O)c2ccc(Cl)cc2)C1c1cccc([N+](=O)[O-])c1. The first-order chi connectivity index (χ1) is 19.1. The molecular formula is C27H26ClN3O8S. The smallest absolute Gasteiger partial charge is 0.310 e. The first-order valence-electron chi connectivity index (χ1n) is 12.1. The van der Waals surface area contributed by atoms with Crippen molar-refractivity contribution >= 4 is 39.2 Å². The first-order valence-corrected chi connectivity index (χ1v) is 13.9. The lowest BCUT2D eigenvalue weighted by atomic mass is 9.93. The van der Waals surface area contributed by atoms with E-state index in [2.05, 4.69) is 5.32 Å². The number of nitrogens with zero attached hydrogens (tertiary/aromatic N) is 2. The number of ether oxygens (including phenoxy) is 2. The molecule has 1 heterocycles. The van der Waals surface area contributed by atoms with Crippen LogP contribution in [0.25, 0.3) is 0 Å². The summed E-state index contributed by atoms with van der Waals surface area (Å²) in [5.41, 5.74) is 0.615. The molecule has 3 unspecified atom stereocenters. The fourth-order valence-corrected chi connectivity index (χ4v) is 6.67. The van der Waals surface area contributed by atoms with Crippen molar-refractivity contribution in [2.75, 3.05) is 14.2 Å². The fourth-order valence-electron chi connectivity index (χ4n) is 4.74. The Morgan fingerprint density at radius 1 is 1.07 bits per heavy atom. The van der Waals surface area contributed by atoms with Crippen molar-refractivity contribution in [3.8, 4) is 5.75 Å². The van der Waals surface area contributed by atoms with E-state index in [0.29, 0.717) is 10.8 Å². The Balaban J connectivity index is 1.79. The molecule has 0 bridgehead atoms. The van der Waals surface area contributed by atoms with Gasteiger partial charge in [0.25, 0.3) is 5.69 Å². The molecule has 1 aliphatic heterocycles. The van der Waals surface area contributed by atoms with Gasteiger partial charge in [0.05, 0.1) is 36.0 Å². The largest absolute Gasteiger partial charge is 0.497 e. The lowest BCUT2D eigenvalue weighted by Crippen LogP contribution is -2.46. The predicted octanol–water partition coefficient (Wildman–Crippen LogP) is 3.87. The van der Waals surface area contributed by atoms with Crippen LogP contribution in [-0.4, -0.2) is 49.8 Å². The molecule has 1 fully saturated rings. The average molecular weight is 588 g/mol. The van der Waals surface area contributed by atoms with E-state index in [1.165, 1.54) is 55.6 Å². The number of rotatable bonds is 9. The Morgan fingerprint density at radius 2 is 1.75 bits per heavy atom. The number of esters is 1. The fraction of sp³-hybridized carbons (Fsp3) is 0.259. The topological polar surface area (TPSA) is 145 Å². The molecule has 11 nitrogen and oxygen atoms in total. The second-order valence-corrected chi connectivity index (χ2v) is 11.3. The standard InChI is InChI=1S/C27H26ClN3O8S/c1-38-21-10-6-17(7-11-21)16-29-26(32)24-15-23(27(33)39-2)25(18-4-3-5-20(14-18)31(34)35)30(24)40(36,37)22-12-8-19(28)9-13-22/h3-14,23-25H,15-16H2,1-2H3,(H,29,32). The summed E-state index contributed by atoms with van der Waals surface area (Å²) in [5.74, 6) is -1.88. The second kappa shape index (κ2) is 12.0. The van der Waals surface area contributed by atoms with Gasteiger partial charge in [-0.1, -0.05) is 35.9 Å². The summed E-state index contributed by atoms with van der Waals surface area (Å²) in [6.07, 6.45) is -0.207. The summed E-state index contributed by atoms with van der Waals surface area (Å²) in [6.45, 7) is 0.0819. The molecular weight excluding hydrogens is 562 g/mol. The first kappa shape index (κ1) is 29.0. The number of carbonyl (C=O) groups excluding carboxylic acids is 2. The zero-order valence-corrected chi connectivity index (χ0v) is 23.1. The Bertz CT molecular complexity index is 1510. The van der Waals surface area contributed by atoms with Crippen LogP contribution < -0.4 is 10.1 Å². The van der Waals surface area contributed by atoms with Gasteiger partial charge in [0.15, 0.2) is 0 Å². The quantitative estimate of drug-likeness (QED) is 0.226. The number of sulfonamides is 1. The number of carbonyl (C=O) groups is 2.